The first kappa shape index (κ1) is 18.4. The largest absolute Gasteiger partial charge is 0.353 e. The summed E-state index contributed by atoms with van der Waals surface area (Å²) in [5.74, 6) is -0.131. The van der Waals surface area contributed by atoms with Crippen LogP contribution in [0, 0.1) is 0 Å². The van der Waals surface area contributed by atoms with E-state index in [1.807, 2.05) is 0 Å². The highest BCUT2D eigenvalue weighted by Crippen LogP contribution is 2.18. The molecule has 2 aromatic rings. The summed E-state index contributed by atoms with van der Waals surface area (Å²) in [5, 5.41) is 2.90. The maximum absolute atomic E-state index is 12.2. The molecule has 1 aliphatic rings. The first-order valence-corrected chi connectivity index (χ1v) is 10.4. The van der Waals surface area contributed by atoms with E-state index in [9.17, 15) is 13.2 Å². The Balaban J connectivity index is 1.52. The number of hydrogen-bond acceptors (Lipinski definition) is 7. The predicted molar refractivity (Wildman–Crippen MR) is 95.6 cm³/mol. The van der Waals surface area contributed by atoms with Gasteiger partial charge in [-0.2, -0.15) is 0 Å². The Bertz CT molecular complexity index is 834. The van der Waals surface area contributed by atoms with Gasteiger partial charge in [-0.25, -0.2) is 28.4 Å². The van der Waals surface area contributed by atoms with Crippen molar-refractivity contribution in [1.29, 1.82) is 0 Å². The Labute approximate surface area is 152 Å². The number of carbonyl (C=O) groups excluding carboxylic acids is 1. The Kier molecular flexibility index (Phi) is 5.87. The van der Waals surface area contributed by atoms with Gasteiger partial charge in [0.1, 0.15) is 6.33 Å². The SMILES string of the molecule is O=C(CCS(=O)(=O)Cc1cnc(-c2cncnc2)nc1)NC1CCCC1. The smallest absolute Gasteiger partial charge is 0.221 e. The van der Waals surface area contributed by atoms with Crippen LogP contribution in [0.15, 0.2) is 31.1 Å². The molecular weight excluding hydrogens is 354 g/mol. The van der Waals surface area contributed by atoms with Gasteiger partial charge in [0.2, 0.25) is 5.91 Å². The standard InChI is InChI=1S/C17H21N5O3S/c23-16(22-15-3-1-2-4-15)5-6-26(24,25)11-13-7-20-17(21-8-13)14-9-18-12-19-10-14/h7-10,12,15H,1-6,11H2,(H,22,23). The summed E-state index contributed by atoms with van der Waals surface area (Å²) in [6, 6.07) is 0.202. The van der Waals surface area contributed by atoms with Gasteiger partial charge in [0.05, 0.1) is 17.1 Å². The number of amides is 1. The third-order valence-electron chi connectivity index (χ3n) is 4.27. The zero-order chi connectivity index (χ0) is 18.4. The van der Waals surface area contributed by atoms with Crippen molar-refractivity contribution in [2.75, 3.05) is 5.75 Å². The van der Waals surface area contributed by atoms with Crippen LogP contribution in [0.1, 0.15) is 37.7 Å². The van der Waals surface area contributed by atoms with Crippen LogP contribution in [0.5, 0.6) is 0 Å². The van der Waals surface area contributed by atoms with Crippen molar-refractivity contribution in [3.63, 3.8) is 0 Å². The molecule has 0 aromatic carbocycles. The van der Waals surface area contributed by atoms with E-state index in [4.69, 9.17) is 0 Å². The number of aromatic nitrogens is 4. The molecule has 1 N–H and O–H groups in total. The second-order valence-electron chi connectivity index (χ2n) is 6.43. The molecule has 1 saturated carbocycles. The molecule has 9 heteroatoms. The van der Waals surface area contributed by atoms with Crippen LogP contribution < -0.4 is 5.32 Å². The van der Waals surface area contributed by atoms with E-state index < -0.39 is 9.84 Å². The number of nitrogens with one attached hydrogen (secondary N) is 1. The fourth-order valence-corrected chi connectivity index (χ4v) is 4.23. The number of sulfone groups is 1. The summed E-state index contributed by atoms with van der Waals surface area (Å²) in [4.78, 5) is 28.0. The molecule has 3 rings (SSSR count). The van der Waals surface area contributed by atoms with Gasteiger partial charge in [0, 0.05) is 42.8 Å². The minimum atomic E-state index is -3.41. The minimum Gasteiger partial charge on any atom is -0.353 e. The van der Waals surface area contributed by atoms with E-state index in [1.165, 1.54) is 18.7 Å². The number of nitrogens with zero attached hydrogens (tertiary/aromatic N) is 4. The third kappa shape index (κ3) is 5.29. The molecule has 1 aliphatic carbocycles. The van der Waals surface area contributed by atoms with Gasteiger partial charge >= 0.3 is 0 Å². The van der Waals surface area contributed by atoms with E-state index in [0.717, 1.165) is 25.7 Å². The molecule has 0 atom stereocenters. The summed E-state index contributed by atoms with van der Waals surface area (Å²) >= 11 is 0. The average Bonchev–Trinajstić information content (AvgIpc) is 3.14. The predicted octanol–water partition coefficient (Wildman–Crippen LogP) is 1.30. The van der Waals surface area contributed by atoms with Gasteiger partial charge < -0.3 is 5.32 Å². The normalized spacial score (nSPS) is 15.1. The van der Waals surface area contributed by atoms with Crippen LogP contribution >= 0.6 is 0 Å². The van der Waals surface area contributed by atoms with Gasteiger partial charge in [-0.05, 0) is 12.8 Å². The van der Waals surface area contributed by atoms with Crippen molar-refractivity contribution in [3.8, 4) is 11.4 Å². The van der Waals surface area contributed by atoms with Crippen LogP contribution in [-0.2, 0) is 20.4 Å². The Hall–Kier alpha value is -2.42. The summed E-state index contributed by atoms with van der Waals surface area (Å²) in [6.45, 7) is 0. The fraction of sp³-hybridized carbons (Fsp3) is 0.471. The first-order valence-electron chi connectivity index (χ1n) is 8.58. The van der Waals surface area contributed by atoms with Crippen LogP contribution in [0.4, 0.5) is 0 Å². The third-order valence-corrected chi connectivity index (χ3v) is 5.87. The molecule has 0 aliphatic heterocycles. The molecule has 0 bridgehead atoms. The minimum absolute atomic E-state index is 0.0148. The molecule has 0 radical (unpaired) electrons. The molecule has 138 valence electrons. The van der Waals surface area contributed by atoms with Crippen molar-refractivity contribution in [2.24, 2.45) is 0 Å². The molecule has 26 heavy (non-hydrogen) atoms. The molecular formula is C17H21N5O3S. The molecule has 2 heterocycles. The molecule has 0 unspecified atom stereocenters. The van der Waals surface area contributed by atoms with Gasteiger partial charge in [-0.1, -0.05) is 12.8 Å². The molecule has 2 aromatic heterocycles. The van der Waals surface area contributed by atoms with Gasteiger partial charge in [-0.15, -0.1) is 0 Å². The summed E-state index contributed by atoms with van der Waals surface area (Å²) in [6.07, 6.45) is 11.7. The van der Waals surface area contributed by atoms with Crippen molar-refractivity contribution >= 4 is 15.7 Å². The molecule has 0 saturated heterocycles. The van der Waals surface area contributed by atoms with Crippen molar-refractivity contribution in [1.82, 2.24) is 25.3 Å². The lowest BCUT2D eigenvalue weighted by molar-refractivity contribution is -0.121. The zero-order valence-corrected chi connectivity index (χ0v) is 15.2. The van der Waals surface area contributed by atoms with Crippen molar-refractivity contribution < 1.29 is 13.2 Å². The van der Waals surface area contributed by atoms with Crippen LogP contribution in [0.25, 0.3) is 11.4 Å². The van der Waals surface area contributed by atoms with E-state index >= 15 is 0 Å². The highest BCUT2D eigenvalue weighted by atomic mass is 32.2. The quantitative estimate of drug-likeness (QED) is 0.775. The fourth-order valence-electron chi connectivity index (χ4n) is 2.94. The average molecular weight is 375 g/mol. The first-order chi connectivity index (χ1) is 12.5. The lowest BCUT2D eigenvalue weighted by Crippen LogP contribution is -2.33. The lowest BCUT2D eigenvalue weighted by atomic mass is 10.2. The summed E-state index contributed by atoms with van der Waals surface area (Å²) in [7, 11) is -3.41. The van der Waals surface area contributed by atoms with Crippen LogP contribution in [-0.4, -0.2) is 46.1 Å². The summed E-state index contributed by atoms with van der Waals surface area (Å²) < 4.78 is 24.5. The molecule has 1 fully saturated rings. The van der Waals surface area contributed by atoms with Crippen molar-refractivity contribution in [2.45, 2.75) is 43.9 Å². The Morgan fingerprint density at radius 2 is 1.73 bits per heavy atom. The van der Waals surface area contributed by atoms with Crippen LogP contribution in [0.3, 0.4) is 0 Å². The Morgan fingerprint density at radius 1 is 1.08 bits per heavy atom. The maximum Gasteiger partial charge on any atom is 0.221 e. The van der Waals surface area contributed by atoms with E-state index in [-0.39, 0.29) is 29.9 Å². The number of rotatable bonds is 7. The molecule has 8 nitrogen and oxygen atoms in total. The lowest BCUT2D eigenvalue weighted by Gasteiger charge is -2.11. The second kappa shape index (κ2) is 8.31. The zero-order valence-electron chi connectivity index (χ0n) is 14.3. The molecule has 0 spiro atoms. The van der Waals surface area contributed by atoms with Gasteiger partial charge in [-0.3, -0.25) is 4.79 Å². The van der Waals surface area contributed by atoms with Crippen LogP contribution in [0.2, 0.25) is 0 Å². The monoisotopic (exact) mass is 375 g/mol. The topological polar surface area (TPSA) is 115 Å². The van der Waals surface area contributed by atoms with E-state index in [0.29, 0.717) is 17.0 Å². The van der Waals surface area contributed by atoms with E-state index in [2.05, 4.69) is 25.3 Å². The maximum atomic E-state index is 12.2. The number of carbonyl (C=O) groups is 1. The Morgan fingerprint density at radius 3 is 2.38 bits per heavy atom. The highest BCUT2D eigenvalue weighted by molar-refractivity contribution is 7.90. The molecule has 1 amide bonds. The summed E-state index contributed by atoms with van der Waals surface area (Å²) in [5.41, 5.74) is 1.15. The number of hydrogen-bond donors (Lipinski definition) is 1. The van der Waals surface area contributed by atoms with Gasteiger partial charge in [0.25, 0.3) is 0 Å². The van der Waals surface area contributed by atoms with E-state index in [1.54, 1.807) is 12.4 Å². The van der Waals surface area contributed by atoms with Gasteiger partial charge in [0.15, 0.2) is 15.7 Å². The highest BCUT2D eigenvalue weighted by Gasteiger charge is 2.19. The second-order valence-corrected chi connectivity index (χ2v) is 8.62. The van der Waals surface area contributed by atoms with Crippen molar-refractivity contribution in [3.05, 3.63) is 36.7 Å².